The maximum Gasteiger partial charge on any atom is 0.260 e. The zero-order valence-electron chi connectivity index (χ0n) is 15.1. The van der Waals surface area contributed by atoms with Gasteiger partial charge in [-0.15, -0.1) is 0 Å². The molecule has 0 spiro atoms. The highest BCUT2D eigenvalue weighted by atomic mass is 16.5. The van der Waals surface area contributed by atoms with Gasteiger partial charge in [0.25, 0.3) is 11.5 Å². The number of hydrogen-bond acceptors (Lipinski definition) is 4. The van der Waals surface area contributed by atoms with Gasteiger partial charge in [-0.2, -0.15) is 0 Å². The van der Waals surface area contributed by atoms with E-state index in [-0.39, 0.29) is 11.5 Å². The molecule has 3 aromatic rings. The largest absolute Gasteiger partial charge is 0.383 e. The zero-order chi connectivity index (χ0) is 18.7. The first-order chi connectivity index (χ1) is 12.5. The first-order valence-electron chi connectivity index (χ1n) is 8.37. The highest BCUT2D eigenvalue weighted by molar-refractivity contribution is 6.06. The van der Waals surface area contributed by atoms with Gasteiger partial charge in [0, 0.05) is 25.5 Å². The first-order valence-corrected chi connectivity index (χ1v) is 8.37. The minimum atomic E-state index is -0.283. The number of hydrogen-bond donors (Lipinski definition) is 1. The summed E-state index contributed by atoms with van der Waals surface area (Å²) >= 11 is 0. The van der Waals surface area contributed by atoms with Crippen molar-refractivity contribution >= 4 is 22.5 Å². The van der Waals surface area contributed by atoms with Crippen LogP contribution in [-0.4, -0.2) is 29.2 Å². The van der Waals surface area contributed by atoms with E-state index < -0.39 is 0 Å². The third kappa shape index (κ3) is 3.65. The molecule has 2 aromatic heterocycles. The van der Waals surface area contributed by atoms with Crippen LogP contribution in [0.15, 0.2) is 47.4 Å². The van der Waals surface area contributed by atoms with Gasteiger partial charge in [0.15, 0.2) is 0 Å². The van der Waals surface area contributed by atoms with Gasteiger partial charge >= 0.3 is 0 Å². The molecule has 0 atom stereocenters. The van der Waals surface area contributed by atoms with Crippen LogP contribution in [0, 0.1) is 13.8 Å². The number of anilines is 1. The topological polar surface area (TPSA) is 73.2 Å². The summed E-state index contributed by atoms with van der Waals surface area (Å²) in [6.45, 7) is 4.61. The van der Waals surface area contributed by atoms with Crippen LogP contribution in [0.2, 0.25) is 0 Å². The highest BCUT2D eigenvalue weighted by Gasteiger charge is 2.14. The van der Waals surface area contributed by atoms with E-state index in [9.17, 15) is 9.59 Å². The van der Waals surface area contributed by atoms with E-state index in [0.717, 1.165) is 5.56 Å². The van der Waals surface area contributed by atoms with Gasteiger partial charge < -0.3 is 14.6 Å². The van der Waals surface area contributed by atoms with Crippen molar-refractivity contribution < 1.29 is 9.53 Å². The Balaban J connectivity index is 1.99. The van der Waals surface area contributed by atoms with E-state index in [1.807, 2.05) is 31.2 Å². The van der Waals surface area contributed by atoms with Crippen molar-refractivity contribution in [2.45, 2.75) is 20.4 Å². The molecular weight excluding hydrogens is 330 g/mol. The van der Waals surface area contributed by atoms with Gasteiger partial charge in [-0.3, -0.25) is 14.6 Å². The number of nitrogens with zero attached hydrogens (tertiary/aromatic N) is 2. The Labute approximate surface area is 151 Å². The molecule has 0 saturated carbocycles. The quantitative estimate of drug-likeness (QED) is 0.767. The van der Waals surface area contributed by atoms with Gasteiger partial charge in [-0.25, -0.2) is 0 Å². The minimum absolute atomic E-state index is 0.184. The molecule has 0 radical (unpaired) electrons. The molecule has 1 aromatic carbocycles. The van der Waals surface area contributed by atoms with Crippen LogP contribution >= 0.6 is 0 Å². The summed E-state index contributed by atoms with van der Waals surface area (Å²) < 4.78 is 6.59. The standard InChI is InChI=1S/C20H21N3O3/c1-13-5-4-6-15(11-13)22-19(24)16-12-17-18(21-14(16)2)7-8-23(20(17)25)9-10-26-3/h4-8,11-12H,9-10H2,1-3H3,(H,22,24). The summed E-state index contributed by atoms with van der Waals surface area (Å²) in [5, 5.41) is 3.29. The Bertz CT molecular complexity index is 1020. The predicted octanol–water partition coefficient (Wildman–Crippen LogP) is 2.91. The molecule has 0 aliphatic rings. The average molecular weight is 351 g/mol. The summed E-state index contributed by atoms with van der Waals surface area (Å²) in [6.07, 6.45) is 1.70. The fourth-order valence-corrected chi connectivity index (χ4v) is 2.82. The van der Waals surface area contributed by atoms with Crippen LogP contribution in [0.5, 0.6) is 0 Å². The summed E-state index contributed by atoms with van der Waals surface area (Å²) in [5.74, 6) is -0.283. The van der Waals surface area contributed by atoms with Gasteiger partial charge in [-0.05, 0) is 43.7 Å². The smallest absolute Gasteiger partial charge is 0.260 e. The van der Waals surface area contributed by atoms with Crippen molar-refractivity contribution in [3.05, 3.63) is 69.8 Å². The maximum atomic E-state index is 12.7. The third-order valence-electron chi connectivity index (χ3n) is 4.20. The zero-order valence-corrected chi connectivity index (χ0v) is 15.1. The molecule has 0 aliphatic heterocycles. The minimum Gasteiger partial charge on any atom is -0.383 e. The van der Waals surface area contributed by atoms with Crippen LogP contribution in [0.4, 0.5) is 5.69 Å². The van der Waals surface area contributed by atoms with E-state index in [1.165, 1.54) is 0 Å². The highest BCUT2D eigenvalue weighted by Crippen LogP contribution is 2.16. The molecule has 1 N–H and O–H groups in total. The van der Waals surface area contributed by atoms with Crippen LogP contribution in [-0.2, 0) is 11.3 Å². The second-order valence-electron chi connectivity index (χ2n) is 6.18. The van der Waals surface area contributed by atoms with E-state index in [1.54, 1.807) is 36.9 Å². The van der Waals surface area contributed by atoms with Crippen molar-refractivity contribution in [1.82, 2.24) is 9.55 Å². The molecule has 2 heterocycles. The number of rotatable bonds is 5. The molecule has 6 heteroatoms. The van der Waals surface area contributed by atoms with Gasteiger partial charge in [0.05, 0.1) is 28.8 Å². The number of aryl methyl sites for hydroxylation is 2. The van der Waals surface area contributed by atoms with Crippen molar-refractivity contribution in [3.63, 3.8) is 0 Å². The molecule has 1 amide bonds. The third-order valence-corrected chi connectivity index (χ3v) is 4.20. The van der Waals surface area contributed by atoms with Gasteiger partial charge in [-0.1, -0.05) is 12.1 Å². The van der Waals surface area contributed by atoms with Gasteiger partial charge in [0.2, 0.25) is 0 Å². The fraction of sp³-hybridized carbons (Fsp3) is 0.250. The number of nitrogens with one attached hydrogen (secondary N) is 1. The number of aromatic nitrogens is 2. The summed E-state index contributed by atoms with van der Waals surface area (Å²) in [4.78, 5) is 29.8. The molecule has 3 rings (SSSR count). The monoisotopic (exact) mass is 351 g/mol. The van der Waals surface area contributed by atoms with E-state index >= 15 is 0 Å². The van der Waals surface area contributed by atoms with Crippen LogP contribution in [0.1, 0.15) is 21.6 Å². The Kier molecular flexibility index (Phi) is 5.14. The average Bonchev–Trinajstić information content (AvgIpc) is 2.61. The maximum absolute atomic E-state index is 12.7. The molecular formula is C20H21N3O3. The second kappa shape index (κ2) is 7.49. The molecule has 0 saturated heterocycles. The lowest BCUT2D eigenvalue weighted by Gasteiger charge is -2.11. The lowest BCUT2D eigenvalue weighted by atomic mass is 10.1. The van der Waals surface area contributed by atoms with Crippen molar-refractivity contribution in [2.24, 2.45) is 0 Å². The van der Waals surface area contributed by atoms with Gasteiger partial charge in [0.1, 0.15) is 0 Å². The number of carbonyl (C=O) groups excluding carboxylic acids is 1. The van der Waals surface area contributed by atoms with E-state index in [4.69, 9.17) is 4.74 Å². The molecule has 6 nitrogen and oxygen atoms in total. The number of ether oxygens (including phenoxy) is 1. The lowest BCUT2D eigenvalue weighted by molar-refractivity contribution is 0.102. The van der Waals surface area contributed by atoms with Crippen LogP contribution < -0.4 is 10.9 Å². The molecule has 0 aliphatic carbocycles. The Morgan fingerprint density at radius 3 is 2.77 bits per heavy atom. The second-order valence-corrected chi connectivity index (χ2v) is 6.18. The molecule has 134 valence electrons. The molecule has 0 fully saturated rings. The van der Waals surface area contributed by atoms with E-state index in [2.05, 4.69) is 10.3 Å². The number of carbonyl (C=O) groups is 1. The van der Waals surface area contributed by atoms with Crippen molar-refractivity contribution in [3.8, 4) is 0 Å². The SMILES string of the molecule is COCCn1ccc2nc(C)c(C(=O)Nc3cccc(C)c3)cc2c1=O. The number of benzene rings is 1. The van der Waals surface area contributed by atoms with Crippen LogP contribution in [0.25, 0.3) is 10.9 Å². The van der Waals surface area contributed by atoms with Crippen molar-refractivity contribution in [1.29, 1.82) is 0 Å². The predicted molar refractivity (Wildman–Crippen MR) is 102 cm³/mol. The normalized spacial score (nSPS) is 10.9. The summed E-state index contributed by atoms with van der Waals surface area (Å²) in [6, 6.07) is 11.0. The number of fused-ring (bicyclic) bond motifs is 1. The van der Waals surface area contributed by atoms with Crippen molar-refractivity contribution in [2.75, 3.05) is 19.0 Å². The number of pyridine rings is 2. The molecule has 0 unspecified atom stereocenters. The summed E-state index contributed by atoms with van der Waals surface area (Å²) in [7, 11) is 1.59. The van der Waals surface area contributed by atoms with E-state index in [0.29, 0.717) is 41.0 Å². The molecule has 26 heavy (non-hydrogen) atoms. The Morgan fingerprint density at radius 2 is 2.04 bits per heavy atom. The first kappa shape index (κ1) is 17.8. The summed E-state index contributed by atoms with van der Waals surface area (Å²) in [5.41, 5.74) is 3.12. The number of amides is 1. The Morgan fingerprint density at radius 1 is 1.23 bits per heavy atom. The fourth-order valence-electron chi connectivity index (χ4n) is 2.82. The Hall–Kier alpha value is -2.99. The molecule has 0 bridgehead atoms. The van der Waals surface area contributed by atoms with Crippen LogP contribution in [0.3, 0.4) is 0 Å². The lowest BCUT2D eigenvalue weighted by Crippen LogP contribution is -2.23. The number of methoxy groups -OCH3 is 1.